The molecule has 0 spiro atoms. The maximum absolute atomic E-state index is 13.4. The van der Waals surface area contributed by atoms with E-state index in [0.29, 0.717) is 18.4 Å². The Kier molecular flexibility index (Phi) is 7.96. The van der Waals surface area contributed by atoms with Gasteiger partial charge < -0.3 is 9.84 Å². The van der Waals surface area contributed by atoms with Crippen LogP contribution in [0.3, 0.4) is 0 Å². The molecule has 0 unspecified atom stereocenters. The average molecular weight is 562 g/mol. The highest BCUT2D eigenvalue weighted by Crippen LogP contribution is 2.41. The van der Waals surface area contributed by atoms with Gasteiger partial charge in [-0.3, -0.25) is 14.4 Å². The van der Waals surface area contributed by atoms with E-state index in [9.17, 15) is 32.7 Å². The molecule has 2 aromatic carbocycles. The number of phenols is 1. The van der Waals surface area contributed by atoms with Crippen LogP contribution in [0.15, 0.2) is 47.3 Å². The van der Waals surface area contributed by atoms with Gasteiger partial charge in [0.15, 0.2) is 5.78 Å². The molecular weight excluding hydrogens is 531 g/mol. The SMILES string of the molecule is C[Si](C)(C)CCOC(=O)[C@H]1[C@H](Cn2nnc3ccc(C(F)(F)F)cc3c2=O)CC[C@@H]1C(=O)c1ccc(O)cc1. The van der Waals surface area contributed by atoms with Crippen molar-refractivity contribution in [2.45, 2.75) is 51.2 Å². The first-order valence-electron chi connectivity index (χ1n) is 12.7. The van der Waals surface area contributed by atoms with Gasteiger partial charge >= 0.3 is 12.1 Å². The van der Waals surface area contributed by atoms with Crippen molar-refractivity contribution < 1.29 is 32.6 Å². The van der Waals surface area contributed by atoms with Gasteiger partial charge in [-0.05, 0) is 67.3 Å². The molecule has 4 rings (SSSR count). The molecule has 208 valence electrons. The van der Waals surface area contributed by atoms with Gasteiger partial charge in [-0.1, -0.05) is 24.9 Å². The fourth-order valence-corrected chi connectivity index (χ4v) is 5.64. The fourth-order valence-electron chi connectivity index (χ4n) is 4.93. The summed E-state index contributed by atoms with van der Waals surface area (Å²) in [6, 6.07) is 9.16. The highest BCUT2D eigenvalue weighted by atomic mass is 28.3. The van der Waals surface area contributed by atoms with Crippen LogP contribution in [-0.4, -0.2) is 46.5 Å². The van der Waals surface area contributed by atoms with Crippen LogP contribution in [0.1, 0.15) is 28.8 Å². The number of phenolic OH excluding ortho intramolecular Hbond substituents is 1. The Balaban J connectivity index is 1.64. The van der Waals surface area contributed by atoms with Crippen molar-refractivity contribution in [2.75, 3.05) is 6.61 Å². The molecule has 0 aliphatic heterocycles. The van der Waals surface area contributed by atoms with Gasteiger partial charge in [0.2, 0.25) is 0 Å². The minimum atomic E-state index is -4.63. The number of Topliss-reactive ketones (excluding diaryl/α,β-unsaturated/α-hetero) is 1. The third-order valence-corrected chi connectivity index (χ3v) is 8.81. The van der Waals surface area contributed by atoms with Crippen LogP contribution in [0.25, 0.3) is 10.9 Å². The maximum Gasteiger partial charge on any atom is 0.416 e. The average Bonchev–Trinajstić information content (AvgIpc) is 3.28. The number of hydrogen-bond donors (Lipinski definition) is 1. The summed E-state index contributed by atoms with van der Waals surface area (Å²) in [5.41, 5.74) is -1.37. The number of aromatic nitrogens is 3. The Morgan fingerprint density at radius 3 is 2.44 bits per heavy atom. The molecule has 0 saturated heterocycles. The Morgan fingerprint density at radius 2 is 1.79 bits per heavy atom. The van der Waals surface area contributed by atoms with Crippen molar-refractivity contribution in [3.8, 4) is 5.75 Å². The van der Waals surface area contributed by atoms with Gasteiger partial charge in [0.05, 0.1) is 30.0 Å². The van der Waals surface area contributed by atoms with Crippen LogP contribution in [0.2, 0.25) is 25.7 Å². The number of halogens is 3. The topological polar surface area (TPSA) is 111 Å². The lowest BCUT2D eigenvalue weighted by atomic mass is 9.84. The number of aromatic hydroxyl groups is 1. The van der Waals surface area contributed by atoms with Gasteiger partial charge in [0, 0.05) is 19.6 Å². The summed E-state index contributed by atoms with van der Waals surface area (Å²) in [4.78, 5) is 39.8. The molecule has 1 aliphatic rings. The second-order valence-electron chi connectivity index (χ2n) is 11.2. The van der Waals surface area contributed by atoms with Crippen molar-refractivity contribution in [1.29, 1.82) is 0 Å². The number of fused-ring (bicyclic) bond motifs is 1. The van der Waals surface area contributed by atoms with Crippen molar-refractivity contribution in [3.05, 3.63) is 63.9 Å². The maximum atomic E-state index is 13.4. The molecule has 12 heteroatoms. The standard InChI is InChI=1S/C27H30F3N3O5Si/c1-39(2,3)13-12-38-26(37)23-17(6-10-20(23)24(35)16-4-8-19(34)9-5-16)15-33-25(36)21-14-18(27(28,29)30)7-11-22(21)31-32-33/h4-5,7-9,11,14,17,20,23,34H,6,10,12-13,15H2,1-3H3/t17-,20-,23-/m0/s1. The third kappa shape index (κ3) is 6.55. The molecule has 1 aromatic heterocycles. The van der Waals surface area contributed by atoms with E-state index in [1.807, 2.05) is 0 Å². The summed E-state index contributed by atoms with van der Waals surface area (Å²) in [5, 5.41) is 17.2. The lowest BCUT2D eigenvalue weighted by Crippen LogP contribution is -2.36. The molecule has 1 saturated carbocycles. The third-order valence-electron chi connectivity index (χ3n) is 7.10. The molecular formula is C27H30F3N3O5Si. The predicted octanol–water partition coefficient (Wildman–Crippen LogP) is 4.92. The molecule has 0 amide bonds. The normalized spacial score (nSPS) is 19.8. The highest BCUT2D eigenvalue weighted by Gasteiger charge is 2.46. The number of benzene rings is 2. The minimum absolute atomic E-state index is 0.00101. The quantitative estimate of drug-likeness (QED) is 0.236. The van der Waals surface area contributed by atoms with E-state index in [-0.39, 0.29) is 35.6 Å². The van der Waals surface area contributed by atoms with E-state index >= 15 is 0 Å². The first-order chi connectivity index (χ1) is 18.2. The Bertz CT molecular complexity index is 1430. The van der Waals surface area contributed by atoms with Crippen LogP contribution in [0, 0.1) is 17.8 Å². The summed E-state index contributed by atoms with van der Waals surface area (Å²) in [6.07, 6.45) is -3.88. The predicted molar refractivity (Wildman–Crippen MR) is 140 cm³/mol. The number of carbonyl (C=O) groups is 2. The van der Waals surface area contributed by atoms with E-state index in [1.54, 1.807) is 0 Å². The lowest BCUT2D eigenvalue weighted by Gasteiger charge is -2.24. The number of nitrogens with zero attached hydrogens (tertiary/aromatic N) is 3. The van der Waals surface area contributed by atoms with E-state index in [2.05, 4.69) is 30.0 Å². The zero-order chi connectivity index (χ0) is 28.5. The fraction of sp³-hybridized carbons (Fsp3) is 0.444. The highest BCUT2D eigenvalue weighted by molar-refractivity contribution is 6.76. The zero-order valence-electron chi connectivity index (χ0n) is 21.9. The van der Waals surface area contributed by atoms with Gasteiger partial charge in [-0.25, -0.2) is 4.68 Å². The Morgan fingerprint density at radius 1 is 1.10 bits per heavy atom. The summed E-state index contributed by atoms with van der Waals surface area (Å²) in [6.45, 7) is 6.54. The summed E-state index contributed by atoms with van der Waals surface area (Å²) in [7, 11) is -1.50. The van der Waals surface area contributed by atoms with Gasteiger partial charge in [0.25, 0.3) is 5.56 Å². The van der Waals surface area contributed by atoms with Crippen molar-refractivity contribution in [2.24, 2.45) is 17.8 Å². The van der Waals surface area contributed by atoms with Crippen LogP contribution in [-0.2, 0) is 22.3 Å². The summed E-state index contributed by atoms with van der Waals surface area (Å²) in [5.74, 6) is -2.95. The van der Waals surface area contributed by atoms with Crippen molar-refractivity contribution in [1.82, 2.24) is 15.0 Å². The van der Waals surface area contributed by atoms with Crippen molar-refractivity contribution >= 4 is 30.7 Å². The monoisotopic (exact) mass is 561 g/mol. The molecule has 3 aromatic rings. The molecule has 3 atom stereocenters. The Hall–Kier alpha value is -3.54. The van der Waals surface area contributed by atoms with Crippen LogP contribution >= 0.6 is 0 Å². The number of carbonyl (C=O) groups excluding carboxylic acids is 2. The van der Waals surface area contributed by atoms with E-state index in [1.165, 1.54) is 24.3 Å². The van der Waals surface area contributed by atoms with E-state index in [4.69, 9.17) is 4.74 Å². The summed E-state index contributed by atoms with van der Waals surface area (Å²) < 4.78 is 46.3. The lowest BCUT2D eigenvalue weighted by molar-refractivity contribution is -0.150. The molecule has 1 heterocycles. The summed E-state index contributed by atoms with van der Waals surface area (Å²) >= 11 is 0. The number of esters is 1. The smallest absolute Gasteiger partial charge is 0.416 e. The molecule has 0 radical (unpaired) electrons. The van der Waals surface area contributed by atoms with Crippen molar-refractivity contribution in [3.63, 3.8) is 0 Å². The van der Waals surface area contributed by atoms with Gasteiger partial charge in [-0.15, -0.1) is 5.10 Å². The molecule has 0 bridgehead atoms. The Labute approximate surface area is 223 Å². The zero-order valence-corrected chi connectivity index (χ0v) is 22.9. The molecule has 8 nitrogen and oxygen atoms in total. The van der Waals surface area contributed by atoms with Gasteiger partial charge in [-0.2, -0.15) is 13.2 Å². The molecule has 1 aliphatic carbocycles. The largest absolute Gasteiger partial charge is 0.508 e. The number of alkyl halides is 3. The van der Waals surface area contributed by atoms with E-state index < -0.39 is 49.1 Å². The van der Waals surface area contributed by atoms with Crippen LogP contribution in [0.4, 0.5) is 13.2 Å². The second kappa shape index (κ2) is 10.9. The number of hydrogen-bond acceptors (Lipinski definition) is 7. The molecule has 1 N–H and O–H groups in total. The molecule has 1 fully saturated rings. The minimum Gasteiger partial charge on any atom is -0.508 e. The second-order valence-corrected chi connectivity index (χ2v) is 16.8. The first-order valence-corrected chi connectivity index (χ1v) is 16.4. The van der Waals surface area contributed by atoms with E-state index in [0.717, 1.165) is 28.9 Å². The number of rotatable bonds is 8. The van der Waals surface area contributed by atoms with Crippen LogP contribution in [0.5, 0.6) is 5.75 Å². The number of ketones is 1. The first kappa shape index (κ1) is 28.5. The van der Waals surface area contributed by atoms with Gasteiger partial charge in [0.1, 0.15) is 11.3 Å². The molecule has 39 heavy (non-hydrogen) atoms. The number of ether oxygens (including phenoxy) is 1. The van der Waals surface area contributed by atoms with Crippen LogP contribution < -0.4 is 5.56 Å².